The van der Waals surface area contributed by atoms with E-state index in [1.54, 1.807) is 0 Å². The lowest BCUT2D eigenvalue weighted by atomic mass is 9.93. The fourth-order valence-corrected chi connectivity index (χ4v) is 2.82. The van der Waals surface area contributed by atoms with Gasteiger partial charge in [-0.15, -0.1) is 0 Å². The van der Waals surface area contributed by atoms with Crippen LogP contribution in [0, 0.1) is 0 Å². The number of hydrogen-bond donors (Lipinski definition) is 2. The van der Waals surface area contributed by atoms with Crippen LogP contribution in [0.15, 0.2) is 48.8 Å². The van der Waals surface area contributed by atoms with Crippen LogP contribution >= 0.6 is 0 Å². The van der Waals surface area contributed by atoms with Crippen molar-refractivity contribution in [3.8, 4) is 11.1 Å². The van der Waals surface area contributed by atoms with Gasteiger partial charge in [-0.3, -0.25) is 9.78 Å². The van der Waals surface area contributed by atoms with E-state index < -0.39 is 0 Å². The topological polar surface area (TPSA) is 54.0 Å². The number of rotatable bonds is 8. The van der Waals surface area contributed by atoms with Crippen molar-refractivity contribution in [3.05, 3.63) is 54.4 Å². The Kier molecular flexibility index (Phi) is 5.96. The summed E-state index contributed by atoms with van der Waals surface area (Å²) in [6.45, 7) is 1.70. The van der Waals surface area contributed by atoms with Gasteiger partial charge in [0.15, 0.2) is 0 Å². The lowest BCUT2D eigenvalue weighted by molar-refractivity contribution is -0.122. The smallest absolute Gasteiger partial charge is 0.220 e. The van der Waals surface area contributed by atoms with Crippen molar-refractivity contribution in [2.24, 2.45) is 0 Å². The van der Waals surface area contributed by atoms with Gasteiger partial charge < -0.3 is 10.6 Å². The molecule has 1 fully saturated rings. The van der Waals surface area contributed by atoms with Gasteiger partial charge in [0, 0.05) is 31.4 Å². The van der Waals surface area contributed by atoms with Crippen LogP contribution in [-0.2, 0) is 11.3 Å². The lowest BCUT2D eigenvalue weighted by Crippen LogP contribution is -2.39. The quantitative estimate of drug-likeness (QED) is 0.733. The largest absolute Gasteiger partial charge is 0.353 e. The van der Waals surface area contributed by atoms with Gasteiger partial charge in [0.05, 0.1) is 0 Å². The SMILES string of the molecule is O=C(CCCNCc1ccc(-c2ccncc2)cc1)NC1CCC1. The van der Waals surface area contributed by atoms with E-state index in [1.807, 2.05) is 24.5 Å². The van der Waals surface area contributed by atoms with Crippen LogP contribution in [0.4, 0.5) is 0 Å². The third-order valence-corrected chi connectivity index (χ3v) is 4.52. The predicted octanol–water partition coefficient (Wildman–Crippen LogP) is 3.29. The van der Waals surface area contributed by atoms with E-state index in [9.17, 15) is 4.79 Å². The number of benzene rings is 1. The van der Waals surface area contributed by atoms with E-state index in [0.717, 1.165) is 32.4 Å². The molecule has 4 heteroatoms. The molecule has 1 saturated carbocycles. The molecule has 0 unspecified atom stereocenters. The lowest BCUT2D eigenvalue weighted by Gasteiger charge is -2.26. The first-order chi connectivity index (χ1) is 11.8. The molecule has 1 aromatic heterocycles. The maximum absolute atomic E-state index is 11.7. The van der Waals surface area contributed by atoms with Crippen LogP contribution in [0.1, 0.15) is 37.7 Å². The van der Waals surface area contributed by atoms with E-state index in [0.29, 0.717) is 12.5 Å². The maximum Gasteiger partial charge on any atom is 0.220 e. The normalized spacial score (nSPS) is 14.2. The number of aromatic nitrogens is 1. The first-order valence-corrected chi connectivity index (χ1v) is 8.81. The van der Waals surface area contributed by atoms with Crippen molar-refractivity contribution in [1.29, 1.82) is 0 Å². The van der Waals surface area contributed by atoms with Crippen molar-refractivity contribution < 1.29 is 4.79 Å². The van der Waals surface area contributed by atoms with E-state index in [2.05, 4.69) is 39.9 Å². The molecule has 2 N–H and O–H groups in total. The van der Waals surface area contributed by atoms with Gasteiger partial charge in [0.1, 0.15) is 0 Å². The molecule has 0 radical (unpaired) electrons. The van der Waals surface area contributed by atoms with Gasteiger partial charge in [0.2, 0.25) is 5.91 Å². The summed E-state index contributed by atoms with van der Waals surface area (Å²) >= 11 is 0. The molecule has 0 spiro atoms. The first-order valence-electron chi connectivity index (χ1n) is 8.81. The molecule has 0 saturated heterocycles. The van der Waals surface area contributed by atoms with Crippen molar-refractivity contribution in [1.82, 2.24) is 15.6 Å². The van der Waals surface area contributed by atoms with Crippen molar-refractivity contribution in [3.63, 3.8) is 0 Å². The Morgan fingerprint density at radius 1 is 1.04 bits per heavy atom. The number of hydrogen-bond acceptors (Lipinski definition) is 3. The molecule has 1 amide bonds. The van der Waals surface area contributed by atoms with Crippen molar-refractivity contribution in [2.75, 3.05) is 6.54 Å². The molecule has 4 nitrogen and oxygen atoms in total. The van der Waals surface area contributed by atoms with Crippen molar-refractivity contribution >= 4 is 5.91 Å². The Bertz CT molecular complexity index is 636. The zero-order valence-corrected chi connectivity index (χ0v) is 14.0. The second-order valence-corrected chi connectivity index (χ2v) is 6.41. The van der Waals surface area contributed by atoms with Gasteiger partial charge >= 0.3 is 0 Å². The minimum atomic E-state index is 0.197. The summed E-state index contributed by atoms with van der Waals surface area (Å²) in [5.74, 6) is 0.197. The molecule has 1 aromatic carbocycles. The number of nitrogens with one attached hydrogen (secondary N) is 2. The average molecular weight is 323 g/mol. The van der Waals surface area contributed by atoms with Gasteiger partial charge in [0.25, 0.3) is 0 Å². The summed E-state index contributed by atoms with van der Waals surface area (Å²) in [5.41, 5.74) is 3.64. The molecule has 0 aliphatic heterocycles. The fraction of sp³-hybridized carbons (Fsp3) is 0.400. The standard InChI is InChI=1S/C20H25N3O/c24-20(23-19-3-1-4-19)5-2-12-22-15-16-6-8-17(9-7-16)18-10-13-21-14-11-18/h6-11,13-14,19,22H,1-5,12,15H2,(H,23,24). The minimum absolute atomic E-state index is 0.197. The molecule has 0 bridgehead atoms. The molecule has 3 rings (SSSR count). The van der Waals surface area contributed by atoms with E-state index >= 15 is 0 Å². The Morgan fingerprint density at radius 3 is 2.42 bits per heavy atom. The summed E-state index contributed by atoms with van der Waals surface area (Å²) in [6.07, 6.45) is 8.68. The molecular weight excluding hydrogens is 298 g/mol. The van der Waals surface area contributed by atoms with Gasteiger partial charge in [-0.05, 0) is 61.1 Å². The molecule has 0 atom stereocenters. The van der Waals surface area contributed by atoms with Crippen LogP contribution in [-0.4, -0.2) is 23.5 Å². The summed E-state index contributed by atoms with van der Waals surface area (Å²) in [6, 6.07) is 13.0. The zero-order chi connectivity index (χ0) is 16.6. The second kappa shape index (κ2) is 8.60. The zero-order valence-electron chi connectivity index (χ0n) is 14.0. The number of amides is 1. The Morgan fingerprint density at radius 2 is 1.75 bits per heavy atom. The van der Waals surface area contributed by atoms with Crippen LogP contribution in [0.3, 0.4) is 0 Å². The number of carbonyl (C=O) groups excluding carboxylic acids is 1. The highest BCUT2D eigenvalue weighted by molar-refractivity contribution is 5.76. The molecule has 1 heterocycles. The van der Waals surface area contributed by atoms with E-state index in [1.165, 1.54) is 23.1 Å². The first kappa shape index (κ1) is 16.7. The van der Waals surface area contributed by atoms with Crippen LogP contribution in [0.25, 0.3) is 11.1 Å². The molecule has 1 aliphatic rings. The third kappa shape index (κ3) is 4.90. The van der Waals surface area contributed by atoms with E-state index in [4.69, 9.17) is 0 Å². The molecule has 2 aromatic rings. The van der Waals surface area contributed by atoms with E-state index in [-0.39, 0.29) is 5.91 Å². The fourth-order valence-electron chi connectivity index (χ4n) is 2.82. The minimum Gasteiger partial charge on any atom is -0.353 e. The number of carbonyl (C=O) groups is 1. The van der Waals surface area contributed by atoms with Gasteiger partial charge in [-0.1, -0.05) is 24.3 Å². The Balaban J connectivity index is 1.34. The Labute approximate surface area is 143 Å². The predicted molar refractivity (Wildman–Crippen MR) is 96.4 cm³/mol. The van der Waals surface area contributed by atoms with Gasteiger partial charge in [-0.2, -0.15) is 0 Å². The highest BCUT2D eigenvalue weighted by Crippen LogP contribution is 2.19. The number of pyridine rings is 1. The molecule has 1 aliphatic carbocycles. The van der Waals surface area contributed by atoms with Gasteiger partial charge in [-0.25, -0.2) is 0 Å². The summed E-state index contributed by atoms with van der Waals surface area (Å²) in [4.78, 5) is 15.8. The summed E-state index contributed by atoms with van der Waals surface area (Å²) in [7, 11) is 0. The number of nitrogens with zero attached hydrogens (tertiary/aromatic N) is 1. The molecule has 126 valence electrons. The molecular formula is C20H25N3O. The highest BCUT2D eigenvalue weighted by atomic mass is 16.1. The maximum atomic E-state index is 11.7. The monoisotopic (exact) mass is 323 g/mol. The van der Waals surface area contributed by atoms with Crippen molar-refractivity contribution in [2.45, 2.75) is 44.7 Å². The average Bonchev–Trinajstić information content (AvgIpc) is 2.59. The summed E-state index contributed by atoms with van der Waals surface area (Å²) < 4.78 is 0. The molecule has 24 heavy (non-hydrogen) atoms. The third-order valence-electron chi connectivity index (χ3n) is 4.52. The highest BCUT2D eigenvalue weighted by Gasteiger charge is 2.18. The second-order valence-electron chi connectivity index (χ2n) is 6.41. The summed E-state index contributed by atoms with van der Waals surface area (Å²) in [5, 5.41) is 6.48. The Hall–Kier alpha value is -2.20. The van der Waals surface area contributed by atoms with Crippen LogP contribution in [0.5, 0.6) is 0 Å². The van der Waals surface area contributed by atoms with Crippen LogP contribution in [0.2, 0.25) is 0 Å². The van der Waals surface area contributed by atoms with Crippen LogP contribution < -0.4 is 10.6 Å².